The number of ether oxygens (including phenoxy) is 2. The number of nitrogens with one attached hydrogen (secondary N) is 1. The number of carbonyl (C=O) groups is 1. The van der Waals surface area contributed by atoms with Crippen molar-refractivity contribution in [2.75, 3.05) is 11.9 Å². The number of alkyl halides is 2. The van der Waals surface area contributed by atoms with Crippen LogP contribution in [0.15, 0.2) is 17.1 Å². The molecule has 0 aromatic carbocycles. The first-order valence-electron chi connectivity index (χ1n) is 7.37. The van der Waals surface area contributed by atoms with Crippen LogP contribution in [-0.4, -0.2) is 56.2 Å². The number of hydrogen-bond donors (Lipinski definition) is 3. The normalized spacial score (nSPS) is 25.6. The summed E-state index contributed by atoms with van der Waals surface area (Å²) in [6.45, 7) is 4.08. The zero-order valence-corrected chi connectivity index (χ0v) is 13.8. The van der Waals surface area contributed by atoms with Crippen LogP contribution in [-0.2, 0) is 9.47 Å². The molecule has 140 valence electrons. The third-order valence-electron chi connectivity index (χ3n) is 3.27. The molecule has 2 rings (SSSR count). The van der Waals surface area contributed by atoms with Gasteiger partial charge >= 0.3 is 17.7 Å². The molecule has 25 heavy (non-hydrogen) atoms. The van der Waals surface area contributed by atoms with E-state index in [9.17, 15) is 23.5 Å². The van der Waals surface area contributed by atoms with Crippen LogP contribution in [0.5, 0.6) is 0 Å². The molecule has 0 saturated carbocycles. The van der Waals surface area contributed by atoms with E-state index >= 15 is 0 Å². The quantitative estimate of drug-likeness (QED) is 0.713. The lowest BCUT2D eigenvalue weighted by Crippen LogP contribution is -2.41. The van der Waals surface area contributed by atoms with E-state index < -0.39 is 48.3 Å². The zero-order valence-electron chi connectivity index (χ0n) is 13.8. The van der Waals surface area contributed by atoms with Crippen molar-refractivity contribution in [3.63, 3.8) is 0 Å². The summed E-state index contributed by atoms with van der Waals surface area (Å²) in [5.41, 5.74) is -1.90. The van der Waals surface area contributed by atoms with Crippen molar-refractivity contribution < 1.29 is 33.3 Å². The molecule has 9 nitrogen and oxygen atoms in total. The fraction of sp³-hybridized carbons (Fsp3) is 0.643. The molecule has 1 fully saturated rings. The standard InChI is InChI=1S/C14H19F2N3O6/c1-13(2,3)25-12(23)18-8-4-5-19(11(22)17-8)10-14(15,16)9(21)7(6-20)24-10/h4-5,7,9-10,20-21H,6H2,1-3H3,(H,17,18,22,23)/t7?,9-,10-/m1/s1. The lowest BCUT2D eigenvalue weighted by atomic mass is 10.1. The number of amides is 1. The predicted molar refractivity (Wildman–Crippen MR) is 80.3 cm³/mol. The largest absolute Gasteiger partial charge is 0.444 e. The Morgan fingerprint density at radius 2 is 2.16 bits per heavy atom. The smallest absolute Gasteiger partial charge is 0.413 e. The maximum Gasteiger partial charge on any atom is 0.413 e. The summed E-state index contributed by atoms with van der Waals surface area (Å²) in [5.74, 6) is -4.00. The number of aliphatic hydroxyl groups is 2. The molecule has 3 N–H and O–H groups in total. The van der Waals surface area contributed by atoms with Crippen LogP contribution in [0.4, 0.5) is 19.4 Å². The van der Waals surface area contributed by atoms with Crippen molar-refractivity contribution in [1.29, 1.82) is 0 Å². The van der Waals surface area contributed by atoms with Crippen LogP contribution in [0.3, 0.4) is 0 Å². The van der Waals surface area contributed by atoms with Gasteiger partial charge in [-0.05, 0) is 26.8 Å². The highest BCUT2D eigenvalue weighted by Gasteiger charge is 2.59. The summed E-state index contributed by atoms with van der Waals surface area (Å²) in [5, 5.41) is 20.6. The van der Waals surface area contributed by atoms with E-state index in [2.05, 4.69) is 10.3 Å². The molecule has 2 heterocycles. The minimum absolute atomic E-state index is 0.198. The van der Waals surface area contributed by atoms with Crippen LogP contribution in [0, 0.1) is 0 Å². The molecule has 1 aliphatic rings. The van der Waals surface area contributed by atoms with Gasteiger partial charge in [0.05, 0.1) is 6.61 Å². The molecule has 11 heteroatoms. The molecule has 0 aliphatic carbocycles. The summed E-state index contributed by atoms with van der Waals surface area (Å²) in [4.78, 5) is 27.1. The van der Waals surface area contributed by atoms with Gasteiger partial charge in [0.1, 0.15) is 17.5 Å². The van der Waals surface area contributed by atoms with E-state index in [0.29, 0.717) is 4.57 Å². The van der Waals surface area contributed by atoms with Gasteiger partial charge in [-0.3, -0.25) is 9.88 Å². The van der Waals surface area contributed by atoms with E-state index in [-0.39, 0.29) is 5.82 Å². The Labute approximate surface area is 141 Å². The van der Waals surface area contributed by atoms with Gasteiger partial charge in [0.2, 0.25) is 6.23 Å². The average Bonchev–Trinajstić information content (AvgIpc) is 2.68. The van der Waals surface area contributed by atoms with E-state index in [1.54, 1.807) is 20.8 Å². The highest BCUT2D eigenvalue weighted by atomic mass is 19.3. The Kier molecular flexibility index (Phi) is 5.11. The summed E-state index contributed by atoms with van der Waals surface area (Å²) in [6.07, 6.45) is -5.86. The van der Waals surface area contributed by atoms with Crippen LogP contribution in [0.1, 0.15) is 27.0 Å². The first-order valence-corrected chi connectivity index (χ1v) is 7.37. The van der Waals surface area contributed by atoms with Crippen molar-refractivity contribution in [2.24, 2.45) is 0 Å². The van der Waals surface area contributed by atoms with Gasteiger partial charge in [-0.2, -0.15) is 13.8 Å². The maximum atomic E-state index is 14.0. The Morgan fingerprint density at radius 3 is 2.64 bits per heavy atom. The number of halogens is 2. The first kappa shape index (κ1) is 19.2. The number of rotatable bonds is 3. The Balaban J connectivity index is 2.20. The van der Waals surface area contributed by atoms with Crippen LogP contribution in [0.25, 0.3) is 0 Å². The van der Waals surface area contributed by atoms with E-state index in [1.165, 1.54) is 0 Å². The van der Waals surface area contributed by atoms with E-state index in [0.717, 1.165) is 12.3 Å². The topological polar surface area (TPSA) is 123 Å². The Bertz CT molecular complexity index is 703. The third kappa shape index (κ3) is 4.11. The first-order chi connectivity index (χ1) is 11.5. The Hall–Kier alpha value is -2.11. The molecule has 1 amide bonds. The van der Waals surface area contributed by atoms with Crippen molar-refractivity contribution in [3.8, 4) is 0 Å². The van der Waals surface area contributed by atoms with E-state index in [1.807, 2.05) is 0 Å². The number of aromatic nitrogens is 2. The second kappa shape index (κ2) is 6.65. The van der Waals surface area contributed by atoms with Gasteiger partial charge in [0, 0.05) is 6.20 Å². The molecule has 0 spiro atoms. The molecule has 1 unspecified atom stereocenters. The number of anilines is 1. The van der Waals surface area contributed by atoms with Gasteiger partial charge < -0.3 is 19.7 Å². The average molecular weight is 363 g/mol. The van der Waals surface area contributed by atoms with Crippen molar-refractivity contribution in [2.45, 2.75) is 50.7 Å². The zero-order chi connectivity index (χ0) is 19.0. The monoisotopic (exact) mass is 363 g/mol. The van der Waals surface area contributed by atoms with Gasteiger partial charge in [0.25, 0.3) is 0 Å². The Morgan fingerprint density at radius 1 is 1.52 bits per heavy atom. The van der Waals surface area contributed by atoms with Crippen molar-refractivity contribution >= 4 is 11.9 Å². The van der Waals surface area contributed by atoms with Crippen molar-refractivity contribution in [1.82, 2.24) is 9.55 Å². The second-order valence-corrected chi connectivity index (χ2v) is 6.46. The number of aliphatic hydroxyl groups excluding tert-OH is 2. The van der Waals surface area contributed by atoms with Crippen LogP contribution in [0.2, 0.25) is 0 Å². The summed E-state index contributed by atoms with van der Waals surface area (Å²) in [6, 6.07) is 1.10. The number of hydrogen-bond acceptors (Lipinski definition) is 7. The van der Waals surface area contributed by atoms with Crippen LogP contribution < -0.4 is 11.0 Å². The predicted octanol–water partition coefficient (Wildman–Crippen LogP) is 0.476. The minimum atomic E-state index is -3.81. The summed E-state index contributed by atoms with van der Waals surface area (Å²) in [7, 11) is 0. The third-order valence-corrected chi connectivity index (χ3v) is 3.27. The lowest BCUT2D eigenvalue weighted by molar-refractivity contribution is -0.140. The summed E-state index contributed by atoms with van der Waals surface area (Å²) < 4.78 is 38.4. The highest BCUT2D eigenvalue weighted by Crippen LogP contribution is 2.41. The van der Waals surface area contributed by atoms with Crippen molar-refractivity contribution in [3.05, 3.63) is 22.7 Å². The van der Waals surface area contributed by atoms with Gasteiger partial charge in [0.15, 0.2) is 6.10 Å². The molecule has 1 aliphatic heterocycles. The molecule has 0 radical (unpaired) electrons. The minimum Gasteiger partial charge on any atom is -0.444 e. The van der Waals surface area contributed by atoms with E-state index in [4.69, 9.17) is 14.6 Å². The van der Waals surface area contributed by atoms with Crippen LogP contribution >= 0.6 is 0 Å². The fourth-order valence-electron chi connectivity index (χ4n) is 2.19. The fourth-order valence-corrected chi connectivity index (χ4v) is 2.19. The molecule has 0 bridgehead atoms. The number of nitrogens with zero attached hydrogens (tertiary/aromatic N) is 2. The maximum absolute atomic E-state index is 14.0. The number of carbonyl (C=O) groups excluding carboxylic acids is 1. The second-order valence-electron chi connectivity index (χ2n) is 6.46. The SMILES string of the molecule is CC(C)(C)OC(=O)Nc1ccn([C@@H]2OC(CO)[C@@H](O)C2(F)F)c(=O)n1. The molecule has 3 atom stereocenters. The molecule has 1 aromatic rings. The molecule has 1 saturated heterocycles. The molecule has 1 aromatic heterocycles. The van der Waals surface area contributed by atoms with Gasteiger partial charge in [-0.1, -0.05) is 0 Å². The highest BCUT2D eigenvalue weighted by molar-refractivity contribution is 5.83. The lowest BCUT2D eigenvalue weighted by Gasteiger charge is -2.21. The molecular formula is C14H19F2N3O6. The summed E-state index contributed by atoms with van der Waals surface area (Å²) >= 11 is 0. The van der Waals surface area contributed by atoms with Gasteiger partial charge in [-0.25, -0.2) is 9.59 Å². The molecular weight excluding hydrogens is 344 g/mol. The van der Waals surface area contributed by atoms with Gasteiger partial charge in [-0.15, -0.1) is 0 Å².